The summed E-state index contributed by atoms with van der Waals surface area (Å²) >= 11 is 0. The predicted octanol–water partition coefficient (Wildman–Crippen LogP) is 1.29. The van der Waals surface area contributed by atoms with Gasteiger partial charge in [0.2, 0.25) is 0 Å². The molecule has 0 fully saturated rings. The molecular weight excluding hydrogens is 216 g/mol. The first kappa shape index (κ1) is 7.45. The summed E-state index contributed by atoms with van der Waals surface area (Å²) in [4.78, 5) is 3.50. The van der Waals surface area contributed by atoms with Gasteiger partial charge in [0.15, 0.2) is 0 Å². The van der Waals surface area contributed by atoms with Gasteiger partial charge in [-0.3, -0.25) is 4.68 Å². The first-order valence-corrected chi connectivity index (χ1v) is 4.30. The Morgan fingerprint density at radius 3 is 3.00 bits per heavy atom. The van der Waals surface area contributed by atoms with Crippen molar-refractivity contribution < 1.29 is 18.0 Å². The highest BCUT2D eigenvalue weighted by molar-refractivity contribution is 5.20. The van der Waals surface area contributed by atoms with Crippen molar-refractivity contribution in [2.75, 3.05) is 0 Å². The maximum absolute atomic E-state index is 13.6. The van der Waals surface area contributed by atoms with Crippen LogP contribution in [0.25, 0.3) is 0 Å². The van der Waals surface area contributed by atoms with Gasteiger partial charge in [-0.15, -0.1) is 0 Å². The van der Waals surface area contributed by atoms with Gasteiger partial charge in [-0.05, 0) is 6.07 Å². The molecule has 0 saturated carbocycles. The zero-order valence-corrected chi connectivity index (χ0v) is 7.93. The Hall–Kier alpha value is -1.82. The third-order valence-electron chi connectivity index (χ3n) is 1.83. The quantitative estimate of drug-likeness (QED) is 0.861. The van der Waals surface area contributed by atoms with E-state index < -0.39 is 29.8 Å². The Labute approximate surface area is 94.4 Å². The molecule has 0 aliphatic heterocycles. The molecule has 1 unspecified atom stereocenters. The van der Waals surface area contributed by atoms with Gasteiger partial charge in [0.1, 0.15) is 30.4 Å². The topological polar surface area (TPSA) is 50.9 Å². The Morgan fingerprint density at radius 1 is 1.56 bits per heavy atom. The molecule has 0 bridgehead atoms. The molecule has 16 heavy (non-hydrogen) atoms. The zero-order valence-electron chi connectivity index (χ0n) is 10.9. The minimum absolute atomic E-state index is 0.465. The summed E-state index contributed by atoms with van der Waals surface area (Å²) in [7, 11) is 0. The molecule has 0 amide bonds. The van der Waals surface area contributed by atoms with Crippen molar-refractivity contribution in [3.63, 3.8) is 0 Å². The maximum atomic E-state index is 13.6. The number of hydrogen-bond donors (Lipinski definition) is 1. The van der Waals surface area contributed by atoms with Gasteiger partial charge in [-0.2, -0.15) is 5.10 Å². The van der Waals surface area contributed by atoms with E-state index in [1.807, 2.05) is 0 Å². The van der Waals surface area contributed by atoms with Crippen molar-refractivity contribution in [3.8, 4) is 0 Å². The summed E-state index contributed by atoms with van der Waals surface area (Å²) in [6.45, 7) is -2.79. The van der Waals surface area contributed by atoms with Crippen molar-refractivity contribution in [1.29, 1.82) is 0 Å². The Bertz CT molecular complexity index is 590. The first-order valence-electron chi connectivity index (χ1n) is 5.80. The van der Waals surface area contributed by atoms with E-state index >= 15 is 0 Å². The summed E-state index contributed by atoms with van der Waals surface area (Å²) in [5.74, 6) is -2.11. The van der Waals surface area contributed by atoms with Crippen LogP contribution in [0, 0.1) is 11.6 Å². The van der Waals surface area contributed by atoms with Crippen molar-refractivity contribution in [1.82, 2.24) is 14.8 Å². The summed E-state index contributed by atoms with van der Waals surface area (Å²) in [6.07, 6.45) is -1.05. The largest absolute Gasteiger partial charge is 0.386 e. The van der Waals surface area contributed by atoms with Crippen LogP contribution in [0.1, 0.15) is 15.8 Å². The van der Waals surface area contributed by atoms with E-state index in [4.69, 9.17) is 4.11 Å². The van der Waals surface area contributed by atoms with E-state index in [1.165, 1.54) is 0 Å². The third-order valence-corrected chi connectivity index (χ3v) is 1.83. The van der Waals surface area contributed by atoms with Crippen molar-refractivity contribution in [3.05, 3.63) is 48.1 Å². The Balaban J connectivity index is 2.52. The molecule has 2 aromatic rings. The van der Waals surface area contributed by atoms with E-state index in [-0.39, 0.29) is 0 Å². The fourth-order valence-electron chi connectivity index (χ4n) is 1.12. The van der Waals surface area contributed by atoms with Crippen molar-refractivity contribution in [2.45, 2.75) is 12.6 Å². The SMILES string of the molecule is [2H]C(O)(c1ccc(F)cc1F)C([2H])([2H])n1cncn1. The van der Waals surface area contributed by atoms with Crippen LogP contribution in [0.3, 0.4) is 0 Å². The predicted molar refractivity (Wildman–Crippen MR) is 51.3 cm³/mol. The van der Waals surface area contributed by atoms with Gasteiger partial charge in [-0.25, -0.2) is 13.8 Å². The molecule has 0 aliphatic rings. The number of aromatic nitrogens is 3. The number of nitrogens with zero attached hydrogens (tertiary/aromatic N) is 3. The van der Waals surface area contributed by atoms with Gasteiger partial charge in [0.05, 0.1) is 10.6 Å². The minimum Gasteiger partial charge on any atom is -0.386 e. The van der Waals surface area contributed by atoms with Crippen molar-refractivity contribution >= 4 is 0 Å². The molecule has 0 spiro atoms. The Kier molecular flexibility index (Phi) is 2.03. The van der Waals surface area contributed by atoms with Crippen LogP contribution in [0.2, 0.25) is 0 Å². The highest BCUT2D eigenvalue weighted by Gasteiger charge is 2.14. The van der Waals surface area contributed by atoms with E-state index in [0.717, 1.165) is 24.8 Å². The number of hydrogen-bond acceptors (Lipinski definition) is 3. The number of halogens is 2. The number of rotatable bonds is 3. The normalized spacial score (nSPS) is 18.3. The van der Waals surface area contributed by atoms with Crippen LogP contribution in [-0.4, -0.2) is 19.9 Å². The molecule has 0 radical (unpaired) electrons. The number of aliphatic hydroxyl groups is 1. The molecule has 1 atom stereocenters. The Morgan fingerprint density at radius 2 is 2.38 bits per heavy atom. The van der Waals surface area contributed by atoms with Crippen LogP contribution >= 0.6 is 0 Å². The molecule has 84 valence electrons. The monoisotopic (exact) mass is 228 g/mol. The average Bonchev–Trinajstić information content (AvgIpc) is 2.81. The summed E-state index contributed by atoms with van der Waals surface area (Å²) in [6, 6.07) is 2.11. The van der Waals surface area contributed by atoms with Crippen LogP contribution in [-0.2, 0) is 6.50 Å². The molecule has 1 N–H and O–H groups in total. The molecule has 1 heterocycles. The lowest BCUT2D eigenvalue weighted by molar-refractivity contribution is 0.147. The second-order valence-corrected chi connectivity index (χ2v) is 2.92. The van der Waals surface area contributed by atoms with E-state index in [9.17, 15) is 13.9 Å². The number of benzene rings is 1. The summed E-state index contributed by atoms with van der Waals surface area (Å²) in [5.41, 5.74) is -0.700. The van der Waals surface area contributed by atoms with Crippen LogP contribution in [0.5, 0.6) is 0 Å². The highest BCUT2D eigenvalue weighted by atomic mass is 19.1. The van der Waals surface area contributed by atoms with Crippen LogP contribution in [0.4, 0.5) is 8.78 Å². The molecule has 0 saturated heterocycles. The molecule has 0 aliphatic carbocycles. The first-order chi connectivity index (χ1) is 8.76. The second-order valence-electron chi connectivity index (χ2n) is 2.92. The van der Waals surface area contributed by atoms with E-state index in [0.29, 0.717) is 10.7 Å². The smallest absolute Gasteiger partial charge is 0.137 e. The van der Waals surface area contributed by atoms with E-state index in [2.05, 4.69) is 10.1 Å². The molecule has 6 heteroatoms. The van der Waals surface area contributed by atoms with Gasteiger partial charge in [-0.1, -0.05) is 6.07 Å². The fraction of sp³-hybridized carbons (Fsp3) is 0.200. The van der Waals surface area contributed by atoms with Gasteiger partial charge in [0, 0.05) is 11.6 Å². The maximum Gasteiger partial charge on any atom is 0.137 e. The standard InChI is InChI=1S/C10H9F2N3O/c11-7-1-2-8(9(12)3-7)10(16)4-15-6-13-5-14-15/h1-3,5-6,10,16H,4H2/i4D2,10D. The minimum atomic E-state index is -3.00. The zero-order chi connectivity index (χ0) is 14.3. The fourth-order valence-corrected chi connectivity index (χ4v) is 1.12. The average molecular weight is 228 g/mol. The van der Waals surface area contributed by atoms with Gasteiger partial charge in [0.25, 0.3) is 0 Å². The molecule has 1 aromatic carbocycles. The van der Waals surface area contributed by atoms with Gasteiger partial charge < -0.3 is 5.11 Å². The highest BCUT2D eigenvalue weighted by Crippen LogP contribution is 2.19. The lowest BCUT2D eigenvalue weighted by Gasteiger charge is -2.11. The third kappa shape index (κ3) is 2.22. The summed E-state index contributed by atoms with van der Waals surface area (Å²) < 4.78 is 50.1. The van der Waals surface area contributed by atoms with Crippen LogP contribution in [0.15, 0.2) is 30.9 Å². The van der Waals surface area contributed by atoms with Crippen molar-refractivity contribution in [2.24, 2.45) is 0 Å². The molecule has 2 rings (SSSR count). The van der Waals surface area contributed by atoms with E-state index in [1.54, 1.807) is 0 Å². The molecule has 4 nitrogen and oxygen atoms in total. The van der Waals surface area contributed by atoms with Gasteiger partial charge >= 0.3 is 0 Å². The lowest BCUT2D eigenvalue weighted by atomic mass is 10.1. The molecular formula is C10H9F2N3O. The summed E-state index contributed by atoms with van der Waals surface area (Å²) in [5, 5.41) is 13.5. The molecule has 1 aromatic heterocycles. The van der Waals surface area contributed by atoms with Crippen LogP contribution < -0.4 is 0 Å². The lowest BCUT2D eigenvalue weighted by Crippen LogP contribution is -2.10. The second kappa shape index (κ2) is 4.36.